The maximum absolute atomic E-state index is 12.4. The highest BCUT2D eigenvalue weighted by Gasteiger charge is 2.38. The summed E-state index contributed by atoms with van der Waals surface area (Å²) in [7, 11) is 1.57. The first-order valence-corrected chi connectivity index (χ1v) is 6.84. The number of alkyl halides is 3. The highest BCUT2D eigenvalue weighted by Crippen LogP contribution is 2.29. The standard InChI is InChI=1S/C14H10F3N5O3/c1-22(9-8(18)10(23)11(9)24)5-7-3-2-6(4-19-7)12-20-13(25-21-12)14(15,16)17/h2-4H,5,18H2,1H3. The lowest BCUT2D eigenvalue weighted by molar-refractivity contribution is -0.159. The fourth-order valence-electron chi connectivity index (χ4n) is 2.20. The van der Waals surface area contributed by atoms with Gasteiger partial charge in [-0.25, -0.2) is 0 Å². The predicted molar refractivity (Wildman–Crippen MR) is 80.4 cm³/mol. The largest absolute Gasteiger partial charge is 0.471 e. The molecular formula is C14H10F3N5O3. The Bertz CT molecular complexity index is 987. The van der Waals surface area contributed by atoms with Crippen molar-refractivity contribution in [2.45, 2.75) is 12.7 Å². The monoisotopic (exact) mass is 353 g/mol. The number of hydrogen-bond acceptors (Lipinski definition) is 8. The van der Waals surface area contributed by atoms with Crippen LogP contribution < -0.4 is 21.5 Å². The molecule has 0 aliphatic rings. The van der Waals surface area contributed by atoms with Gasteiger partial charge in [-0.15, -0.1) is 0 Å². The molecule has 2 aromatic heterocycles. The quantitative estimate of drug-likeness (QED) is 0.690. The van der Waals surface area contributed by atoms with Crippen LogP contribution in [0.3, 0.4) is 0 Å². The summed E-state index contributed by atoms with van der Waals surface area (Å²) >= 11 is 0. The van der Waals surface area contributed by atoms with Gasteiger partial charge in [0.05, 0.1) is 12.2 Å². The number of aromatic nitrogens is 3. The summed E-state index contributed by atoms with van der Waals surface area (Å²) in [6, 6.07) is 2.99. The summed E-state index contributed by atoms with van der Waals surface area (Å²) in [5.41, 5.74) is 4.84. The van der Waals surface area contributed by atoms with Crippen LogP contribution in [0, 0.1) is 0 Å². The van der Waals surface area contributed by atoms with Gasteiger partial charge >= 0.3 is 12.1 Å². The molecule has 11 heteroatoms. The van der Waals surface area contributed by atoms with Crippen LogP contribution in [0.2, 0.25) is 0 Å². The molecule has 0 atom stereocenters. The van der Waals surface area contributed by atoms with Gasteiger partial charge in [0.2, 0.25) is 5.82 Å². The van der Waals surface area contributed by atoms with Crippen LogP contribution in [0.25, 0.3) is 11.4 Å². The van der Waals surface area contributed by atoms with Crippen molar-refractivity contribution in [3.05, 3.63) is 50.4 Å². The number of hydrogen-bond donors (Lipinski definition) is 1. The van der Waals surface area contributed by atoms with Gasteiger partial charge in [-0.2, -0.15) is 18.2 Å². The Morgan fingerprint density at radius 1 is 1.24 bits per heavy atom. The Hall–Kier alpha value is -3.24. The second kappa shape index (κ2) is 5.69. The molecule has 0 saturated heterocycles. The van der Waals surface area contributed by atoms with E-state index in [4.69, 9.17) is 5.73 Å². The maximum atomic E-state index is 12.4. The first-order valence-electron chi connectivity index (χ1n) is 6.84. The van der Waals surface area contributed by atoms with Gasteiger partial charge in [-0.1, -0.05) is 5.16 Å². The number of nitrogen functional groups attached to an aromatic ring is 1. The molecule has 0 saturated carbocycles. The third-order valence-electron chi connectivity index (χ3n) is 3.45. The van der Waals surface area contributed by atoms with Crippen molar-refractivity contribution in [2.24, 2.45) is 0 Å². The topological polar surface area (TPSA) is 115 Å². The Morgan fingerprint density at radius 2 is 1.96 bits per heavy atom. The highest BCUT2D eigenvalue weighted by atomic mass is 19.4. The third kappa shape index (κ3) is 2.95. The minimum Gasteiger partial charge on any atom is -0.394 e. The molecule has 25 heavy (non-hydrogen) atoms. The van der Waals surface area contributed by atoms with E-state index in [1.807, 2.05) is 0 Å². The number of halogens is 3. The third-order valence-corrected chi connectivity index (χ3v) is 3.45. The zero-order valence-corrected chi connectivity index (χ0v) is 12.7. The lowest BCUT2D eigenvalue weighted by atomic mass is 10.1. The zero-order valence-electron chi connectivity index (χ0n) is 12.7. The maximum Gasteiger partial charge on any atom is 0.471 e. The minimum absolute atomic E-state index is 0.101. The average molecular weight is 353 g/mol. The number of nitrogens with zero attached hydrogens (tertiary/aromatic N) is 4. The van der Waals surface area contributed by atoms with Crippen molar-refractivity contribution < 1.29 is 17.7 Å². The molecular weight excluding hydrogens is 343 g/mol. The molecule has 0 amide bonds. The van der Waals surface area contributed by atoms with E-state index in [0.717, 1.165) is 0 Å². The highest BCUT2D eigenvalue weighted by molar-refractivity contribution is 5.72. The number of rotatable bonds is 4. The van der Waals surface area contributed by atoms with E-state index in [0.29, 0.717) is 5.69 Å². The van der Waals surface area contributed by atoms with Crippen molar-refractivity contribution in [1.29, 1.82) is 0 Å². The van der Waals surface area contributed by atoms with Crippen LogP contribution in [-0.2, 0) is 12.7 Å². The van der Waals surface area contributed by atoms with Gasteiger partial charge in [-0.3, -0.25) is 14.6 Å². The van der Waals surface area contributed by atoms with E-state index < -0.39 is 22.9 Å². The van der Waals surface area contributed by atoms with Gasteiger partial charge in [-0.05, 0) is 12.1 Å². The van der Waals surface area contributed by atoms with E-state index in [1.165, 1.54) is 23.2 Å². The van der Waals surface area contributed by atoms with Crippen LogP contribution in [-0.4, -0.2) is 22.2 Å². The molecule has 3 aromatic rings. The zero-order chi connectivity index (χ0) is 18.4. The van der Waals surface area contributed by atoms with Gasteiger partial charge in [0, 0.05) is 18.8 Å². The average Bonchev–Trinajstić information content (AvgIpc) is 3.05. The molecule has 2 heterocycles. The normalized spacial score (nSPS) is 11.8. The lowest BCUT2D eigenvalue weighted by Gasteiger charge is -2.20. The second-order valence-electron chi connectivity index (χ2n) is 5.24. The van der Waals surface area contributed by atoms with E-state index in [9.17, 15) is 22.8 Å². The summed E-state index contributed by atoms with van der Waals surface area (Å²) in [6.45, 7) is 0.176. The second-order valence-corrected chi connectivity index (χ2v) is 5.24. The van der Waals surface area contributed by atoms with Gasteiger partial charge in [0.1, 0.15) is 11.4 Å². The molecule has 130 valence electrons. The van der Waals surface area contributed by atoms with E-state index >= 15 is 0 Å². The van der Waals surface area contributed by atoms with Crippen molar-refractivity contribution in [3.8, 4) is 11.4 Å². The van der Waals surface area contributed by atoms with E-state index in [2.05, 4.69) is 19.6 Å². The molecule has 8 nitrogen and oxygen atoms in total. The van der Waals surface area contributed by atoms with Crippen LogP contribution in [0.4, 0.5) is 24.5 Å². The van der Waals surface area contributed by atoms with Crippen LogP contribution in [0.5, 0.6) is 0 Å². The van der Waals surface area contributed by atoms with Crippen molar-refractivity contribution in [3.63, 3.8) is 0 Å². The molecule has 0 spiro atoms. The number of pyridine rings is 1. The molecule has 0 fully saturated rings. The molecule has 3 rings (SSSR count). The first kappa shape index (κ1) is 16.6. The summed E-state index contributed by atoms with van der Waals surface area (Å²) in [5, 5.41) is 3.26. The van der Waals surface area contributed by atoms with Gasteiger partial charge in [0.15, 0.2) is 0 Å². The lowest BCUT2D eigenvalue weighted by Crippen LogP contribution is -2.40. The molecule has 2 N–H and O–H groups in total. The van der Waals surface area contributed by atoms with Crippen molar-refractivity contribution in [1.82, 2.24) is 15.1 Å². The predicted octanol–water partition coefficient (Wildman–Crippen LogP) is 0.965. The van der Waals surface area contributed by atoms with Crippen LogP contribution in [0.15, 0.2) is 32.4 Å². The van der Waals surface area contributed by atoms with E-state index in [1.54, 1.807) is 7.05 Å². The fourth-order valence-corrected chi connectivity index (χ4v) is 2.20. The summed E-state index contributed by atoms with van der Waals surface area (Å²) in [6.07, 6.45) is -3.44. The number of anilines is 2. The van der Waals surface area contributed by atoms with Crippen LogP contribution >= 0.6 is 0 Å². The molecule has 0 unspecified atom stereocenters. The minimum atomic E-state index is -4.72. The Balaban J connectivity index is 1.76. The summed E-state index contributed by atoms with van der Waals surface area (Å²) < 4.78 is 41.5. The fraction of sp³-hybridized carbons (Fsp3) is 0.214. The molecule has 0 aliphatic carbocycles. The van der Waals surface area contributed by atoms with Crippen LogP contribution in [0.1, 0.15) is 11.6 Å². The van der Waals surface area contributed by atoms with Crippen molar-refractivity contribution >= 4 is 11.4 Å². The molecule has 1 aromatic carbocycles. The Labute approximate surface area is 137 Å². The molecule has 0 aliphatic heterocycles. The van der Waals surface area contributed by atoms with E-state index in [-0.39, 0.29) is 29.3 Å². The smallest absolute Gasteiger partial charge is 0.394 e. The summed E-state index contributed by atoms with van der Waals surface area (Å²) in [4.78, 5) is 31.4. The SMILES string of the molecule is CN(Cc1ccc(-c2noc(C(F)(F)F)n2)cn1)c1c(N)c(=O)c1=O. The number of nitrogens with two attached hydrogens (primary N) is 1. The van der Waals surface area contributed by atoms with Gasteiger partial charge < -0.3 is 15.2 Å². The first-order chi connectivity index (χ1) is 11.7. The molecule has 0 bridgehead atoms. The van der Waals surface area contributed by atoms with Gasteiger partial charge in [0.25, 0.3) is 10.9 Å². The molecule has 0 radical (unpaired) electrons. The summed E-state index contributed by atoms with van der Waals surface area (Å²) in [5.74, 6) is -1.69. The Morgan fingerprint density at radius 3 is 2.48 bits per heavy atom. The van der Waals surface area contributed by atoms with Crippen molar-refractivity contribution in [2.75, 3.05) is 17.7 Å². The Kier molecular flexibility index (Phi) is 3.78.